The fraction of sp³-hybridized carbons (Fsp3) is 0.667. The van der Waals surface area contributed by atoms with Crippen molar-refractivity contribution in [2.24, 2.45) is 5.41 Å². The maximum atomic E-state index is 5.77. The molecule has 1 aromatic heterocycles. The van der Waals surface area contributed by atoms with Crippen molar-refractivity contribution in [2.45, 2.75) is 46.1 Å². The van der Waals surface area contributed by atoms with Gasteiger partial charge in [0.25, 0.3) is 0 Å². The van der Waals surface area contributed by atoms with Crippen LogP contribution in [0.25, 0.3) is 0 Å². The van der Waals surface area contributed by atoms with E-state index in [1.54, 1.807) is 0 Å². The summed E-state index contributed by atoms with van der Waals surface area (Å²) in [5.74, 6) is 1.45. The van der Waals surface area contributed by atoms with E-state index in [2.05, 4.69) is 29.1 Å². The maximum absolute atomic E-state index is 5.77. The first-order valence-electron chi connectivity index (χ1n) is 5.84. The molecule has 1 unspecified atom stereocenters. The lowest BCUT2D eigenvalue weighted by molar-refractivity contribution is 0.349. The van der Waals surface area contributed by atoms with E-state index in [9.17, 15) is 0 Å². The molecule has 4 nitrogen and oxygen atoms in total. The van der Waals surface area contributed by atoms with Gasteiger partial charge in [0, 0.05) is 11.6 Å². The second-order valence-corrected chi connectivity index (χ2v) is 5.31. The van der Waals surface area contributed by atoms with Crippen molar-refractivity contribution in [3.8, 4) is 0 Å². The smallest absolute Gasteiger partial charge is 0.134 e. The summed E-state index contributed by atoms with van der Waals surface area (Å²) in [6.07, 6.45) is 5.28. The Morgan fingerprint density at radius 1 is 1.44 bits per heavy atom. The average molecular weight is 220 g/mol. The summed E-state index contributed by atoms with van der Waals surface area (Å²) in [5.41, 5.74) is 7.06. The molecule has 1 heterocycles. The van der Waals surface area contributed by atoms with E-state index in [4.69, 9.17) is 5.73 Å². The fourth-order valence-corrected chi connectivity index (χ4v) is 2.37. The van der Waals surface area contributed by atoms with Crippen LogP contribution in [0.1, 0.15) is 38.7 Å². The monoisotopic (exact) mass is 220 g/mol. The lowest BCUT2D eigenvalue weighted by Crippen LogP contribution is -2.31. The van der Waals surface area contributed by atoms with E-state index in [-0.39, 0.29) is 0 Å². The number of rotatable bonds is 2. The Morgan fingerprint density at radius 3 is 2.81 bits per heavy atom. The van der Waals surface area contributed by atoms with Gasteiger partial charge in [-0.05, 0) is 25.2 Å². The highest BCUT2D eigenvalue weighted by molar-refractivity contribution is 5.54. The van der Waals surface area contributed by atoms with Crippen LogP contribution in [0, 0.1) is 12.3 Å². The van der Waals surface area contributed by atoms with Crippen molar-refractivity contribution in [3.63, 3.8) is 0 Å². The van der Waals surface area contributed by atoms with Crippen LogP contribution in [0.2, 0.25) is 0 Å². The molecule has 0 amide bonds. The minimum Gasteiger partial charge on any atom is -0.383 e. The van der Waals surface area contributed by atoms with Crippen LogP contribution in [0.3, 0.4) is 0 Å². The first-order chi connectivity index (χ1) is 7.50. The molecule has 0 aliphatic heterocycles. The van der Waals surface area contributed by atoms with Gasteiger partial charge in [-0.15, -0.1) is 0 Å². The molecule has 4 heteroatoms. The number of hydrogen-bond donors (Lipinski definition) is 2. The molecule has 0 spiro atoms. The van der Waals surface area contributed by atoms with E-state index in [0.717, 1.165) is 11.4 Å². The minimum absolute atomic E-state index is 0.339. The third-order valence-corrected chi connectivity index (χ3v) is 3.69. The lowest BCUT2D eigenvalue weighted by atomic mass is 9.87. The summed E-state index contributed by atoms with van der Waals surface area (Å²) in [5, 5.41) is 3.51. The molecule has 1 aliphatic carbocycles. The number of nitrogens with zero attached hydrogens (tertiary/aromatic N) is 2. The molecule has 1 fully saturated rings. The third-order valence-electron chi connectivity index (χ3n) is 3.69. The van der Waals surface area contributed by atoms with Crippen LogP contribution in [0.15, 0.2) is 6.33 Å². The van der Waals surface area contributed by atoms with Gasteiger partial charge in [0.2, 0.25) is 0 Å². The van der Waals surface area contributed by atoms with E-state index in [0.29, 0.717) is 17.3 Å². The summed E-state index contributed by atoms with van der Waals surface area (Å²) in [4.78, 5) is 8.24. The van der Waals surface area contributed by atoms with Crippen molar-refractivity contribution in [2.75, 3.05) is 11.1 Å². The van der Waals surface area contributed by atoms with Gasteiger partial charge in [-0.2, -0.15) is 0 Å². The minimum atomic E-state index is 0.339. The van der Waals surface area contributed by atoms with Crippen LogP contribution in [0.5, 0.6) is 0 Å². The highest BCUT2D eigenvalue weighted by Crippen LogP contribution is 2.39. The fourth-order valence-electron chi connectivity index (χ4n) is 2.37. The van der Waals surface area contributed by atoms with Gasteiger partial charge in [-0.1, -0.05) is 20.3 Å². The van der Waals surface area contributed by atoms with Crippen LogP contribution in [0.4, 0.5) is 11.6 Å². The molecule has 88 valence electrons. The molecule has 0 bridgehead atoms. The molecule has 1 aromatic rings. The largest absolute Gasteiger partial charge is 0.383 e. The number of nitrogens with two attached hydrogens (primary N) is 1. The van der Waals surface area contributed by atoms with Gasteiger partial charge in [-0.3, -0.25) is 0 Å². The first-order valence-corrected chi connectivity index (χ1v) is 5.84. The molecule has 1 aliphatic rings. The highest BCUT2D eigenvalue weighted by atomic mass is 15.1. The average Bonchev–Trinajstić information content (AvgIpc) is 2.54. The first kappa shape index (κ1) is 11.2. The molecule has 2 rings (SSSR count). The maximum Gasteiger partial charge on any atom is 0.134 e. The zero-order chi connectivity index (χ0) is 11.8. The van der Waals surface area contributed by atoms with E-state index >= 15 is 0 Å². The van der Waals surface area contributed by atoms with Gasteiger partial charge in [0.1, 0.15) is 18.0 Å². The summed E-state index contributed by atoms with van der Waals surface area (Å²) >= 11 is 0. The topological polar surface area (TPSA) is 63.8 Å². The van der Waals surface area contributed by atoms with Gasteiger partial charge < -0.3 is 11.1 Å². The summed E-state index contributed by atoms with van der Waals surface area (Å²) < 4.78 is 0. The molecule has 1 saturated carbocycles. The van der Waals surface area contributed by atoms with Gasteiger partial charge in [0.05, 0.1) is 0 Å². The van der Waals surface area contributed by atoms with Gasteiger partial charge in [-0.25, -0.2) is 9.97 Å². The quantitative estimate of drug-likeness (QED) is 0.803. The van der Waals surface area contributed by atoms with E-state index in [1.807, 2.05) is 6.92 Å². The normalized spacial score (nSPS) is 23.3. The Balaban J connectivity index is 2.18. The Kier molecular flexibility index (Phi) is 2.74. The molecule has 16 heavy (non-hydrogen) atoms. The van der Waals surface area contributed by atoms with Crippen LogP contribution in [-0.2, 0) is 0 Å². The molecular weight excluding hydrogens is 200 g/mol. The SMILES string of the molecule is Cc1c(N)ncnc1NC1CCCC1(C)C. The van der Waals surface area contributed by atoms with Gasteiger partial charge >= 0.3 is 0 Å². The van der Waals surface area contributed by atoms with Crippen LogP contribution in [-0.4, -0.2) is 16.0 Å². The molecular formula is C12H20N4. The second kappa shape index (κ2) is 3.92. The van der Waals surface area contributed by atoms with Gasteiger partial charge in [0.15, 0.2) is 0 Å². The molecule has 0 saturated heterocycles. The number of nitrogen functional groups attached to an aromatic ring is 1. The molecule has 3 N–H and O–H groups in total. The second-order valence-electron chi connectivity index (χ2n) is 5.31. The van der Waals surface area contributed by atoms with Crippen LogP contribution < -0.4 is 11.1 Å². The Labute approximate surface area is 96.7 Å². The standard InChI is InChI=1S/C12H20N4/c1-8-10(13)14-7-15-11(8)16-9-5-4-6-12(9,2)3/h7,9H,4-6H2,1-3H3,(H3,13,14,15,16). The summed E-state index contributed by atoms with van der Waals surface area (Å²) in [6, 6.07) is 0.487. The van der Waals surface area contributed by atoms with Crippen molar-refractivity contribution in [3.05, 3.63) is 11.9 Å². The Hall–Kier alpha value is -1.32. The Morgan fingerprint density at radius 2 is 2.19 bits per heavy atom. The summed E-state index contributed by atoms with van der Waals surface area (Å²) in [7, 11) is 0. The van der Waals surface area contributed by atoms with Crippen molar-refractivity contribution < 1.29 is 0 Å². The summed E-state index contributed by atoms with van der Waals surface area (Å²) in [6.45, 7) is 6.56. The predicted octanol–water partition coefficient (Wildman–Crippen LogP) is 2.36. The number of anilines is 2. The van der Waals surface area contributed by atoms with Crippen molar-refractivity contribution >= 4 is 11.6 Å². The number of nitrogens with one attached hydrogen (secondary N) is 1. The van der Waals surface area contributed by atoms with E-state index in [1.165, 1.54) is 25.6 Å². The zero-order valence-electron chi connectivity index (χ0n) is 10.2. The number of aromatic nitrogens is 2. The highest BCUT2D eigenvalue weighted by Gasteiger charge is 2.34. The van der Waals surface area contributed by atoms with Crippen LogP contribution >= 0.6 is 0 Å². The lowest BCUT2D eigenvalue weighted by Gasteiger charge is -2.28. The van der Waals surface area contributed by atoms with Crippen molar-refractivity contribution in [1.29, 1.82) is 0 Å². The molecule has 0 radical (unpaired) electrons. The molecule has 1 atom stereocenters. The molecule has 0 aromatic carbocycles. The van der Waals surface area contributed by atoms with Crippen molar-refractivity contribution in [1.82, 2.24) is 9.97 Å². The van der Waals surface area contributed by atoms with E-state index < -0.39 is 0 Å². The Bertz CT molecular complexity index is 387. The number of hydrogen-bond acceptors (Lipinski definition) is 4. The third kappa shape index (κ3) is 1.96. The zero-order valence-corrected chi connectivity index (χ0v) is 10.2. The predicted molar refractivity (Wildman–Crippen MR) is 66.2 cm³/mol.